The first-order chi connectivity index (χ1) is 16.3. The first kappa shape index (κ1) is 24.4. The highest BCUT2D eigenvalue weighted by atomic mass is 19.4. The summed E-state index contributed by atoms with van der Waals surface area (Å²) in [6.07, 6.45) is -2.22. The van der Waals surface area contributed by atoms with Crippen LogP contribution in [0.1, 0.15) is 35.4 Å². The zero-order valence-corrected chi connectivity index (χ0v) is 19.5. The number of nitrogens with two attached hydrogens (primary N) is 1. The molecule has 34 heavy (non-hydrogen) atoms. The van der Waals surface area contributed by atoms with Crippen LogP contribution in [-0.4, -0.2) is 41.1 Å². The largest absolute Gasteiger partial charge is 0.416 e. The summed E-state index contributed by atoms with van der Waals surface area (Å²) < 4.78 is 38.4. The molecular weight excluding hydrogens is 443 g/mol. The van der Waals surface area contributed by atoms with Crippen LogP contribution in [0.2, 0.25) is 0 Å². The molecule has 0 amide bonds. The van der Waals surface area contributed by atoms with E-state index in [1.807, 2.05) is 19.1 Å². The summed E-state index contributed by atoms with van der Waals surface area (Å²) in [7, 11) is 1.65. The van der Waals surface area contributed by atoms with Gasteiger partial charge in [0.1, 0.15) is 5.82 Å². The number of benzene rings is 2. The van der Waals surface area contributed by atoms with Crippen LogP contribution in [0.25, 0.3) is 11.4 Å². The summed E-state index contributed by atoms with van der Waals surface area (Å²) in [6, 6.07) is 13.9. The average molecular weight is 475 g/mol. The lowest BCUT2D eigenvalue weighted by molar-refractivity contribution is -0.830. The van der Waals surface area contributed by atoms with Gasteiger partial charge in [-0.25, -0.2) is 9.82 Å². The number of nitrogens with zero attached hydrogens (tertiary/aromatic N) is 2. The molecule has 2 aromatic carbocycles. The van der Waals surface area contributed by atoms with Gasteiger partial charge in [0, 0.05) is 55.6 Å². The molecule has 1 aliphatic rings. The van der Waals surface area contributed by atoms with Crippen LogP contribution in [-0.2, 0) is 24.1 Å². The topological polar surface area (TPSA) is 69.8 Å². The Labute approximate surface area is 197 Å². The predicted octanol–water partition coefficient (Wildman–Crippen LogP) is 3.91. The molecule has 0 atom stereocenters. The van der Waals surface area contributed by atoms with Crippen molar-refractivity contribution in [2.24, 2.45) is 0 Å². The van der Waals surface area contributed by atoms with Gasteiger partial charge in [0.05, 0.1) is 18.4 Å². The third-order valence-corrected chi connectivity index (χ3v) is 6.26. The van der Waals surface area contributed by atoms with Crippen LogP contribution in [0.15, 0.2) is 48.5 Å². The zero-order chi connectivity index (χ0) is 24.1. The fraction of sp³-hybridized carbons (Fsp3) is 0.400. The molecule has 1 fully saturated rings. The molecule has 2 heterocycles. The Balaban J connectivity index is 1.27. The van der Waals surface area contributed by atoms with Crippen molar-refractivity contribution in [1.29, 1.82) is 0 Å². The van der Waals surface area contributed by atoms with Gasteiger partial charge in [0.25, 0.3) is 0 Å². The number of aromatic amines is 1. The van der Waals surface area contributed by atoms with Gasteiger partial charge in [0.2, 0.25) is 0 Å². The number of alkyl halides is 3. The zero-order valence-electron chi connectivity index (χ0n) is 19.5. The van der Waals surface area contributed by atoms with Gasteiger partial charge in [0.15, 0.2) is 5.69 Å². The number of quaternary nitrogens is 1. The Bertz CT molecular complexity index is 1060. The number of aromatic nitrogens is 2. The molecule has 9 heteroatoms. The molecule has 0 saturated carbocycles. The van der Waals surface area contributed by atoms with Crippen molar-refractivity contribution in [1.82, 2.24) is 20.2 Å². The first-order valence-corrected chi connectivity index (χ1v) is 11.5. The lowest BCUT2D eigenvalue weighted by Gasteiger charge is -2.32. The fourth-order valence-corrected chi connectivity index (χ4v) is 4.22. The van der Waals surface area contributed by atoms with E-state index in [1.165, 1.54) is 17.7 Å². The lowest BCUT2D eigenvalue weighted by Crippen LogP contribution is -2.75. The molecule has 4 N–H and O–H groups in total. The van der Waals surface area contributed by atoms with Crippen molar-refractivity contribution in [3.8, 4) is 11.4 Å². The standard InChI is InChI=1S/C25H30F3N5O/c1-17-23(31-24(30-17)19-5-7-20(8-6-19)25(26,27)28)16-33-13-11-21(12-14-33)29-15-18-3-9-22(10-4-18)32-34-2/h3-10,21,29,32H,11-16H2,1-2H3,(H,30,31)/p+1. The molecule has 1 aromatic heterocycles. The van der Waals surface area contributed by atoms with Crippen LogP contribution in [0, 0.1) is 6.92 Å². The van der Waals surface area contributed by atoms with Gasteiger partial charge in [-0.1, -0.05) is 24.3 Å². The van der Waals surface area contributed by atoms with Gasteiger partial charge in [-0.3, -0.25) is 4.90 Å². The maximum absolute atomic E-state index is 12.8. The van der Waals surface area contributed by atoms with Gasteiger partial charge in [-0.15, -0.1) is 0 Å². The number of hydrogen-bond acceptors (Lipinski definition) is 4. The number of piperidine rings is 1. The van der Waals surface area contributed by atoms with E-state index < -0.39 is 11.7 Å². The summed E-state index contributed by atoms with van der Waals surface area (Å²) in [6.45, 7) is 5.47. The molecule has 1 aliphatic heterocycles. The fourth-order valence-electron chi connectivity index (χ4n) is 4.22. The number of likely N-dealkylation sites (tertiary alicyclic amines) is 1. The molecule has 0 aliphatic carbocycles. The van der Waals surface area contributed by atoms with Gasteiger partial charge < -0.3 is 10.3 Å². The van der Waals surface area contributed by atoms with Crippen LogP contribution < -0.4 is 10.8 Å². The molecular formula is C25H31F3N5O+. The molecule has 4 rings (SSSR count). The van der Waals surface area contributed by atoms with Crippen molar-refractivity contribution in [2.45, 2.75) is 45.1 Å². The molecule has 3 aromatic rings. The Kier molecular flexibility index (Phi) is 7.67. The highest BCUT2D eigenvalue weighted by Crippen LogP contribution is 2.30. The van der Waals surface area contributed by atoms with E-state index in [1.54, 1.807) is 12.6 Å². The van der Waals surface area contributed by atoms with E-state index in [2.05, 4.69) is 32.3 Å². The normalized spacial score (nSPS) is 15.7. The van der Waals surface area contributed by atoms with Crippen molar-refractivity contribution in [2.75, 3.05) is 20.2 Å². The summed E-state index contributed by atoms with van der Waals surface area (Å²) in [5, 5.41) is 3.66. The minimum Gasteiger partial charge on any atom is -0.342 e. The summed E-state index contributed by atoms with van der Waals surface area (Å²) in [4.78, 5) is 15.3. The number of nitrogens with one attached hydrogen (secondary N) is 2. The van der Waals surface area contributed by atoms with Crippen molar-refractivity contribution >= 4 is 5.69 Å². The van der Waals surface area contributed by atoms with Crippen molar-refractivity contribution in [3.63, 3.8) is 0 Å². The molecule has 1 saturated heterocycles. The van der Waals surface area contributed by atoms with E-state index in [-0.39, 0.29) is 0 Å². The van der Waals surface area contributed by atoms with Crippen molar-refractivity contribution in [3.05, 3.63) is 71.0 Å². The van der Waals surface area contributed by atoms with Gasteiger partial charge in [-0.2, -0.15) is 18.7 Å². The smallest absolute Gasteiger partial charge is 0.342 e. The second kappa shape index (κ2) is 10.7. The number of rotatable bonds is 8. The predicted molar refractivity (Wildman–Crippen MR) is 124 cm³/mol. The van der Waals surface area contributed by atoms with E-state index in [9.17, 15) is 13.2 Å². The monoisotopic (exact) mass is 474 g/mol. The van der Waals surface area contributed by atoms with Crippen molar-refractivity contribution < 1.29 is 23.5 Å². The second-order valence-corrected chi connectivity index (χ2v) is 8.76. The average Bonchev–Trinajstić information content (AvgIpc) is 3.19. The Hall–Kier alpha value is -2.72. The number of aryl methyl sites for hydroxylation is 1. The molecule has 6 nitrogen and oxygen atoms in total. The minimum absolute atomic E-state index is 0.476. The Morgan fingerprint density at radius 2 is 1.76 bits per heavy atom. The first-order valence-electron chi connectivity index (χ1n) is 11.5. The van der Waals surface area contributed by atoms with E-state index in [4.69, 9.17) is 4.84 Å². The SMILES string of the molecule is CO[NH2+]c1ccc(CNC2CCN(Cc3nc(-c4ccc(C(F)(F)F)cc4)[nH]c3C)CC2)cc1. The molecule has 0 bridgehead atoms. The van der Waals surface area contributed by atoms with Gasteiger partial charge >= 0.3 is 6.18 Å². The molecule has 0 radical (unpaired) electrons. The van der Waals surface area contributed by atoms with Gasteiger partial charge in [-0.05, 0) is 37.5 Å². The number of imidazole rings is 1. The molecule has 0 spiro atoms. The second-order valence-electron chi connectivity index (χ2n) is 8.76. The van der Waals surface area contributed by atoms with E-state index >= 15 is 0 Å². The Morgan fingerprint density at radius 1 is 1.09 bits per heavy atom. The van der Waals surface area contributed by atoms with E-state index in [0.29, 0.717) is 17.4 Å². The maximum atomic E-state index is 12.8. The third-order valence-electron chi connectivity index (χ3n) is 6.26. The molecule has 182 valence electrons. The summed E-state index contributed by atoms with van der Waals surface area (Å²) in [5.41, 5.74) is 5.91. The lowest BCUT2D eigenvalue weighted by atomic mass is 10.0. The third kappa shape index (κ3) is 6.24. The molecule has 0 unspecified atom stereocenters. The number of H-pyrrole nitrogens is 1. The minimum atomic E-state index is -4.34. The number of halogens is 3. The van der Waals surface area contributed by atoms with Crippen LogP contribution in [0.4, 0.5) is 18.9 Å². The highest BCUT2D eigenvalue weighted by Gasteiger charge is 2.30. The number of hydrogen-bond donors (Lipinski definition) is 3. The van der Waals surface area contributed by atoms with Crippen LogP contribution >= 0.6 is 0 Å². The van der Waals surface area contributed by atoms with Crippen LogP contribution in [0.5, 0.6) is 0 Å². The quantitative estimate of drug-likeness (QED) is 0.342. The summed E-state index contributed by atoms with van der Waals surface area (Å²) in [5.74, 6) is 0.604. The van der Waals surface area contributed by atoms with Crippen LogP contribution in [0.3, 0.4) is 0 Å². The summed E-state index contributed by atoms with van der Waals surface area (Å²) >= 11 is 0. The maximum Gasteiger partial charge on any atom is 0.416 e. The Morgan fingerprint density at radius 3 is 2.38 bits per heavy atom. The van der Waals surface area contributed by atoms with E-state index in [0.717, 1.165) is 68.2 Å². The highest BCUT2D eigenvalue weighted by molar-refractivity contribution is 5.56.